The van der Waals surface area contributed by atoms with E-state index >= 15 is 0 Å². The Morgan fingerprint density at radius 3 is 1.66 bits per heavy atom. The maximum atomic E-state index is 11.3. The minimum atomic E-state index is -1.76. The van der Waals surface area contributed by atoms with E-state index in [0.717, 1.165) is 83.5 Å². The number of hydrogen-bond donors (Lipinski definition) is 7. The van der Waals surface area contributed by atoms with Crippen molar-refractivity contribution in [3.8, 4) is 0 Å². The number of hydrogen-bond acceptors (Lipinski definition) is 13. The fraction of sp³-hybridized carbons (Fsp3) is 0.944. The summed E-state index contributed by atoms with van der Waals surface area (Å²) in [5.41, 5.74) is 0. The van der Waals surface area contributed by atoms with Crippen LogP contribution in [0.25, 0.3) is 0 Å². The number of ether oxygens (including phenoxy) is 5. The average molecular weight is 723 g/mol. The fourth-order valence-electron chi connectivity index (χ4n) is 6.52. The van der Waals surface area contributed by atoms with Gasteiger partial charge in [-0.3, -0.25) is 9.59 Å². The summed E-state index contributed by atoms with van der Waals surface area (Å²) in [6.45, 7) is 2.34. The Bertz CT molecular complexity index is 908. The van der Waals surface area contributed by atoms with Gasteiger partial charge >= 0.3 is 11.9 Å². The van der Waals surface area contributed by atoms with Crippen molar-refractivity contribution in [2.45, 2.75) is 203 Å². The van der Waals surface area contributed by atoms with Gasteiger partial charge in [-0.25, -0.2) is 0 Å². The first kappa shape index (κ1) is 44.7. The second-order valence-electron chi connectivity index (χ2n) is 13.9. The normalized spacial score (nSPS) is 30.6. The molecule has 2 heterocycles. The van der Waals surface area contributed by atoms with Gasteiger partial charge in [0.15, 0.2) is 12.6 Å². The summed E-state index contributed by atoms with van der Waals surface area (Å²) >= 11 is 0. The Morgan fingerprint density at radius 1 is 0.640 bits per heavy atom. The lowest BCUT2D eigenvalue weighted by molar-refractivity contribution is -0.372. The van der Waals surface area contributed by atoms with Gasteiger partial charge in [-0.1, -0.05) is 103 Å². The highest BCUT2D eigenvalue weighted by Crippen LogP contribution is 2.32. The van der Waals surface area contributed by atoms with Gasteiger partial charge in [0.25, 0.3) is 0 Å². The van der Waals surface area contributed by atoms with Crippen LogP contribution in [0.4, 0.5) is 0 Å². The number of aliphatic hydroxyl groups is 6. The van der Waals surface area contributed by atoms with Gasteiger partial charge in [-0.15, -0.1) is 0 Å². The predicted octanol–water partition coefficient (Wildman–Crippen LogP) is 3.08. The predicted molar refractivity (Wildman–Crippen MR) is 182 cm³/mol. The van der Waals surface area contributed by atoms with Gasteiger partial charge in [0.1, 0.15) is 55.4 Å². The lowest BCUT2D eigenvalue weighted by Gasteiger charge is -2.46. The lowest BCUT2D eigenvalue weighted by atomic mass is 9.97. The number of carboxylic acids is 1. The molecule has 14 nitrogen and oxygen atoms in total. The third-order valence-electron chi connectivity index (χ3n) is 9.61. The topological polar surface area (TPSA) is 222 Å². The lowest BCUT2D eigenvalue weighted by Crippen LogP contribution is -2.65. The highest BCUT2D eigenvalue weighted by atomic mass is 16.8. The summed E-state index contributed by atoms with van der Waals surface area (Å²) in [5, 5.41) is 72.0. The number of aliphatic carboxylic acids is 1. The van der Waals surface area contributed by atoms with Crippen LogP contribution < -0.4 is 0 Å². The molecule has 2 saturated heterocycles. The van der Waals surface area contributed by atoms with Crippen molar-refractivity contribution in [2.24, 2.45) is 0 Å². The van der Waals surface area contributed by atoms with Crippen LogP contribution in [0.15, 0.2) is 0 Å². The quantitative estimate of drug-likeness (QED) is 0.0479. The Labute approximate surface area is 297 Å². The standard InChI is InChI=1S/C36H66O14/c1-3-4-5-6-10-13-16-19-25(20-17-14-11-8-7-9-12-15-18-21-28(39)40)47-36-34(32(44)29(41)26(22-37)48-36)50-35-33(45)31(43)30(42)27(49-35)23-46-24(2)38/h25-27,29-37,41-45H,3-23H2,1-2H3,(H,39,40). The minimum Gasteiger partial charge on any atom is -0.481 e. The smallest absolute Gasteiger partial charge is 0.303 e. The first-order valence-corrected chi connectivity index (χ1v) is 19.0. The van der Waals surface area contributed by atoms with Crippen LogP contribution in [0.2, 0.25) is 0 Å². The largest absolute Gasteiger partial charge is 0.481 e. The molecule has 0 bridgehead atoms. The van der Waals surface area contributed by atoms with E-state index in [2.05, 4.69) is 6.92 Å². The van der Waals surface area contributed by atoms with Crippen molar-refractivity contribution >= 4 is 11.9 Å². The Hall–Kier alpha value is -1.46. The van der Waals surface area contributed by atoms with Crippen molar-refractivity contribution in [3.63, 3.8) is 0 Å². The van der Waals surface area contributed by atoms with Crippen molar-refractivity contribution < 1.29 is 69.0 Å². The third-order valence-corrected chi connectivity index (χ3v) is 9.61. The summed E-state index contributed by atoms with van der Waals surface area (Å²) in [6.07, 6.45) is 3.15. The molecule has 50 heavy (non-hydrogen) atoms. The summed E-state index contributed by atoms with van der Waals surface area (Å²) in [5.74, 6) is -1.39. The van der Waals surface area contributed by atoms with Crippen LogP contribution in [-0.4, -0.2) is 128 Å². The molecule has 0 aliphatic carbocycles. The van der Waals surface area contributed by atoms with Crippen LogP contribution in [0.1, 0.15) is 136 Å². The molecular formula is C36H66O14. The summed E-state index contributed by atoms with van der Waals surface area (Å²) in [4.78, 5) is 22.0. The molecule has 2 rings (SSSR count). The van der Waals surface area contributed by atoms with E-state index in [1.54, 1.807) is 0 Å². The van der Waals surface area contributed by atoms with Crippen LogP contribution in [0.3, 0.4) is 0 Å². The molecular weight excluding hydrogens is 656 g/mol. The zero-order valence-electron chi connectivity index (χ0n) is 30.2. The van der Waals surface area contributed by atoms with Crippen LogP contribution in [-0.2, 0) is 33.3 Å². The molecule has 2 fully saturated rings. The highest BCUT2D eigenvalue weighted by Gasteiger charge is 2.51. The number of carbonyl (C=O) groups is 2. The maximum Gasteiger partial charge on any atom is 0.303 e. The first-order chi connectivity index (χ1) is 24.0. The molecule has 0 amide bonds. The number of esters is 1. The number of rotatable bonds is 27. The SMILES string of the molecule is CCCCCCCCCC(CCCCCCCCCCCC(=O)O)OC1OC(CO)C(O)C(O)C1OC1OC(COC(C)=O)C(O)C(O)C1O. The van der Waals surface area contributed by atoms with Crippen molar-refractivity contribution in [3.05, 3.63) is 0 Å². The van der Waals surface area contributed by atoms with E-state index in [9.17, 15) is 40.2 Å². The summed E-state index contributed by atoms with van der Waals surface area (Å²) in [7, 11) is 0. The molecule has 2 aliphatic rings. The monoisotopic (exact) mass is 722 g/mol. The molecule has 0 radical (unpaired) electrons. The number of carboxylic acid groups (broad SMARTS) is 1. The molecule has 11 unspecified atom stereocenters. The van der Waals surface area contributed by atoms with Crippen LogP contribution in [0, 0.1) is 0 Å². The van der Waals surface area contributed by atoms with Gasteiger partial charge < -0.3 is 59.4 Å². The third kappa shape index (κ3) is 16.5. The summed E-state index contributed by atoms with van der Waals surface area (Å²) in [6, 6.07) is 0. The minimum absolute atomic E-state index is 0.225. The van der Waals surface area contributed by atoms with Crippen molar-refractivity contribution in [2.75, 3.05) is 13.2 Å². The molecule has 14 heteroatoms. The van der Waals surface area contributed by atoms with E-state index in [-0.39, 0.29) is 12.5 Å². The maximum absolute atomic E-state index is 11.3. The Balaban J connectivity index is 2.04. The molecule has 11 atom stereocenters. The van der Waals surface area contributed by atoms with E-state index in [0.29, 0.717) is 6.42 Å². The first-order valence-electron chi connectivity index (χ1n) is 19.0. The average Bonchev–Trinajstić information content (AvgIpc) is 3.08. The van der Waals surface area contributed by atoms with Crippen LogP contribution >= 0.6 is 0 Å². The number of carbonyl (C=O) groups excluding carboxylic acids is 1. The van der Waals surface area contributed by atoms with Gasteiger partial charge in [0, 0.05) is 13.3 Å². The highest BCUT2D eigenvalue weighted by molar-refractivity contribution is 5.66. The van der Waals surface area contributed by atoms with Gasteiger partial charge in [0.2, 0.25) is 0 Å². The second-order valence-corrected chi connectivity index (χ2v) is 13.9. The summed E-state index contributed by atoms with van der Waals surface area (Å²) < 4.78 is 28.9. The fourth-order valence-corrected chi connectivity index (χ4v) is 6.52. The zero-order valence-corrected chi connectivity index (χ0v) is 30.2. The Morgan fingerprint density at radius 2 is 1.14 bits per heavy atom. The van der Waals surface area contributed by atoms with Crippen molar-refractivity contribution in [1.29, 1.82) is 0 Å². The zero-order chi connectivity index (χ0) is 36.9. The van der Waals surface area contributed by atoms with Gasteiger partial charge in [0.05, 0.1) is 12.7 Å². The molecule has 0 aromatic rings. The van der Waals surface area contributed by atoms with E-state index < -0.39 is 86.6 Å². The number of aliphatic hydroxyl groups excluding tert-OH is 6. The van der Waals surface area contributed by atoms with E-state index in [1.807, 2.05) is 0 Å². The van der Waals surface area contributed by atoms with Gasteiger partial charge in [-0.2, -0.15) is 0 Å². The molecule has 0 aromatic carbocycles. The van der Waals surface area contributed by atoms with Gasteiger partial charge in [-0.05, 0) is 19.3 Å². The molecule has 2 aliphatic heterocycles. The molecule has 294 valence electrons. The second kappa shape index (κ2) is 25.5. The Kier molecular flexibility index (Phi) is 22.8. The van der Waals surface area contributed by atoms with Crippen molar-refractivity contribution in [1.82, 2.24) is 0 Å². The molecule has 7 N–H and O–H groups in total. The van der Waals surface area contributed by atoms with E-state index in [1.165, 1.54) is 32.6 Å². The van der Waals surface area contributed by atoms with E-state index in [4.69, 9.17) is 28.8 Å². The number of unbranched alkanes of at least 4 members (excludes halogenated alkanes) is 14. The van der Waals surface area contributed by atoms with Crippen LogP contribution in [0.5, 0.6) is 0 Å². The molecule has 0 aromatic heterocycles. The molecule has 0 saturated carbocycles. The molecule has 0 spiro atoms.